The number of carbonyl (C=O) groups is 1. The van der Waals surface area contributed by atoms with Gasteiger partial charge in [-0.25, -0.2) is 9.97 Å². The lowest BCUT2D eigenvalue weighted by atomic mass is 10.3. The maximum atomic E-state index is 12.5. The summed E-state index contributed by atoms with van der Waals surface area (Å²) in [5.41, 5.74) is 3.07. The Morgan fingerprint density at radius 3 is 2.80 bits per heavy atom. The zero-order chi connectivity index (χ0) is 17.4. The Morgan fingerprint density at radius 2 is 2.00 bits per heavy atom. The van der Waals surface area contributed by atoms with Crippen LogP contribution < -0.4 is 5.32 Å². The Balaban J connectivity index is 1.63. The van der Waals surface area contributed by atoms with Gasteiger partial charge in [0.1, 0.15) is 5.82 Å². The van der Waals surface area contributed by atoms with Crippen molar-refractivity contribution in [1.29, 1.82) is 0 Å². The van der Waals surface area contributed by atoms with Crippen molar-refractivity contribution in [2.24, 2.45) is 7.05 Å². The Morgan fingerprint density at radius 1 is 1.16 bits per heavy atom. The minimum Gasteiger partial charge on any atom is -0.326 e. The lowest BCUT2D eigenvalue weighted by Crippen LogP contribution is -2.11. The highest BCUT2D eigenvalue weighted by Gasteiger charge is 2.15. The molecule has 0 saturated carbocycles. The van der Waals surface area contributed by atoms with E-state index in [4.69, 9.17) is 0 Å². The molecule has 3 heterocycles. The van der Waals surface area contributed by atoms with Crippen LogP contribution in [-0.4, -0.2) is 20.4 Å². The number of imidazole rings is 1. The van der Waals surface area contributed by atoms with Gasteiger partial charge in [0.05, 0.1) is 20.8 Å². The summed E-state index contributed by atoms with van der Waals surface area (Å²) < 4.78 is 2.05. The molecule has 3 aromatic heterocycles. The highest BCUT2D eigenvalue weighted by molar-refractivity contribution is 7.17. The Kier molecular flexibility index (Phi) is 3.82. The molecule has 0 aliphatic rings. The van der Waals surface area contributed by atoms with Crippen LogP contribution in [0, 0.1) is 6.92 Å². The standard InChI is InChI=1S/C19H16N4OS/c1-12-9-10-20-17(11-12)22-19(24)16-8-7-15(25-16)18-21-13-5-3-4-6-14(13)23(18)2/h3-11H,1-2H3,(H,20,22,24). The number of amides is 1. The lowest BCUT2D eigenvalue weighted by molar-refractivity contribution is 0.103. The summed E-state index contributed by atoms with van der Waals surface area (Å²) in [4.78, 5) is 22.9. The smallest absolute Gasteiger partial charge is 0.266 e. The number of benzene rings is 1. The van der Waals surface area contributed by atoms with Gasteiger partial charge in [-0.1, -0.05) is 12.1 Å². The molecular formula is C19H16N4OS. The first-order chi connectivity index (χ1) is 12.1. The van der Waals surface area contributed by atoms with Gasteiger partial charge in [-0.3, -0.25) is 4.79 Å². The summed E-state index contributed by atoms with van der Waals surface area (Å²) in [5.74, 6) is 1.26. The molecule has 0 aliphatic carbocycles. The van der Waals surface area contributed by atoms with E-state index >= 15 is 0 Å². The summed E-state index contributed by atoms with van der Waals surface area (Å²) >= 11 is 1.42. The third-order valence-corrected chi connectivity index (χ3v) is 5.07. The number of nitrogens with one attached hydrogen (secondary N) is 1. The molecule has 1 aromatic carbocycles. The number of nitrogens with zero attached hydrogens (tertiary/aromatic N) is 3. The van der Waals surface area contributed by atoms with Crippen molar-refractivity contribution in [2.45, 2.75) is 6.92 Å². The van der Waals surface area contributed by atoms with Crippen molar-refractivity contribution >= 4 is 34.1 Å². The summed E-state index contributed by atoms with van der Waals surface area (Å²) in [6, 6.07) is 15.5. The van der Waals surface area contributed by atoms with Gasteiger partial charge < -0.3 is 9.88 Å². The van der Waals surface area contributed by atoms with Crippen LogP contribution in [0.15, 0.2) is 54.7 Å². The van der Waals surface area contributed by atoms with Gasteiger partial charge in [0.25, 0.3) is 5.91 Å². The molecule has 5 nitrogen and oxygen atoms in total. The zero-order valence-corrected chi connectivity index (χ0v) is 14.7. The monoisotopic (exact) mass is 348 g/mol. The first-order valence-corrected chi connectivity index (χ1v) is 8.69. The summed E-state index contributed by atoms with van der Waals surface area (Å²) in [6.07, 6.45) is 1.68. The van der Waals surface area contributed by atoms with Crippen molar-refractivity contribution in [3.8, 4) is 10.7 Å². The molecule has 1 amide bonds. The Bertz CT molecular complexity index is 1080. The van der Waals surface area contributed by atoms with Crippen molar-refractivity contribution in [1.82, 2.24) is 14.5 Å². The topological polar surface area (TPSA) is 59.8 Å². The Hall–Kier alpha value is -2.99. The third kappa shape index (κ3) is 2.92. The minimum absolute atomic E-state index is 0.159. The molecule has 0 radical (unpaired) electrons. The quantitative estimate of drug-likeness (QED) is 0.602. The second kappa shape index (κ2) is 6.14. The van der Waals surface area contributed by atoms with E-state index in [9.17, 15) is 4.79 Å². The van der Waals surface area contributed by atoms with Crippen LogP contribution in [0.5, 0.6) is 0 Å². The summed E-state index contributed by atoms with van der Waals surface area (Å²) in [5, 5.41) is 2.84. The van der Waals surface area contributed by atoms with Gasteiger partial charge >= 0.3 is 0 Å². The first-order valence-electron chi connectivity index (χ1n) is 7.87. The number of para-hydroxylation sites is 2. The van der Waals surface area contributed by atoms with E-state index in [1.807, 2.05) is 67.1 Å². The van der Waals surface area contributed by atoms with Crippen LogP contribution >= 0.6 is 11.3 Å². The molecule has 4 rings (SSSR count). The number of hydrogen-bond donors (Lipinski definition) is 1. The number of aryl methyl sites for hydroxylation is 2. The average Bonchev–Trinajstić information content (AvgIpc) is 3.20. The molecule has 0 saturated heterocycles. The van der Waals surface area contributed by atoms with E-state index in [0.29, 0.717) is 10.7 Å². The van der Waals surface area contributed by atoms with Crippen LogP contribution in [0.25, 0.3) is 21.7 Å². The molecule has 0 unspecified atom stereocenters. The second-order valence-corrected chi connectivity index (χ2v) is 6.90. The molecule has 25 heavy (non-hydrogen) atoms. The fraction of sp³-hybridized carbons (Fsp3) is 0.105. The van der Waals surface area contributed by atoms with E-state index in [-0.39, 0.29) is 5.91 Å². The number of aromatic nitrogens is 3. The van der Waals surface area contributed by atoms with E-state index in [2.05, 4.69) is 15.3 Å². The predicted molar refractivity (Wildman–Crippen MR) is 101 cm³/mol. The van der Waals surface area contributed by atoms with E-state index in [1.54, 1.807) is 6.20 Å². The van der Waals surface area contributed by atoms with Crippen LogP contribution in [0.4, 0.5) is 5.82 Å². The second-order valence-electron chi connectivity index (χ2n) is 5.82. The van der Waals surface area contributed by atoms with Gasteiger partial charge in [0.15, 0.2) is 5.82 Å². The number of anilines is 1. The van der Waals surface area contributed by atoms with Gasteiger partial charge in [-0.15, -0.1) is 11.3 Å². The molecule has 1 N–H and O–H groups in total. The number of pyridine rings is 1. The summed E-state index contributed by atoms with van der Waals surface area (Å²) in [6.45, 7) is 1.96. The number of rotatable bonds is 3. The van der Waals surface area contributed by atoms with E-state index in [1.165, 1.54) is 11.3 Å². The molecule has 4 aromatic rings. The molecule has 0 atom stereocenters. The average molecular weight is 348 g/mol. The minimum atomic E-state index is -0.159. The number of carbonyl (C=O) groups excluding carboxylic acids is 1. The van der Waals surface area contributed by atoms with Crippen molar-refractivity contribution in [2.75, 3.05) is 5.32 Å². The van der Waals surface area contributed by atoms with E-state index in [0.717, 1.165) is 27.3 Å². The number of fused-ring (bicyclic) bond motifs is 1. The van der Waals surface area contributed by atoms with Crippen LogP contribution in [-0.2, 0) is 7.05 Å². The largest absolute Gasteiger partial charge is 0.326 e. The fourth-order valence-corrected chi connectivity index (χ4v) is 3.66. The molecule has 6 heteroatoms. The van der Waals surface area contributed by atoms with Crippen molar-refractivity contribution in [3.63, 3.8) is 0 Å². The molecule has 0 aliphatic heterocycles. The van der Waals surface area contributed by atoms with Crippen molar-refractivity contribution in [3.05, 3.63) is 65.2 Å². The molecule has 0 fully saturated rings. The van der Waals surface area contributed by atoms with Crippen LogP contribution in [0.3, 0.4) is 0 Å². The third-order valence-electron chi connectivity index (χ3n) is 3.99. The highest BCUT2D eigenvalue weighted by Crippen LogP contribution is 2.30. The maximum Gasteiger partial charge on any atom is 0.266 e. The van der Waals surface area contributed by atoms with Crippen LogP contribution in [0.2, 0.25) is 0 Å². The SMILES string of the molecule is Cc1ccnc(NC(=O)c2ccc(-c3nc4ccccc4n3C)s2)c1. The zero-order valence-electron chi connectivity index (χ0n) is 13.9. The maximum absolute atomic E-state index is 12.5. The predicted octanol–water partition coefficient (Wildman–Crippen LogP) is 4.26. The number of thiophene rings is 1. The van der Waals surface area contributed by atoms with Crippen LogP contribution in [0.1, 0.15) is 15.2 Å². The van der Waals surface area contributed by atoms with Gasteiger partial charge in [-0.2, -0.15) is 0 Å². The molecule has 0 bridgehead atoms. The van der Waals surface area contributed by atoms with Gasteiger partial charge in [0, 0.05) is 13.2 Å². The number of hydrogen-bond acceptors (Lipinski definition) is 4. The van der Waals surface area contributed by atoms with Crippen molar-refractivity contribution < 1.29 is 4.79 Å². The normalized spacial score (nSPS) is 11.0. The first kappa shape index (κ1) is 15.5. The molecule has 0 spiro atoms. The Labute approximate surface area is 149 Å². The molecular weight excluding hydrogens is 332 g/mol. The summed E-state index contributed by atoms with van der Waals surface area (Å²) in [7, 11) is 1.99. The fourth-order valence-electron chi connectivity index (χ4n) is 2.73. The van der Waals surface area contributed by atoms with Gasteiger partial charge in [-0.05, 0) is 48.9 Å². The highest BCUT2D eigenvalue weighted by atomic mass is 32.1. The van der Waals surface area contributed by atoms with E-state index < -0.39 is 0 Å². The lowest BCUT2D eigenvalue weighted by Gasteiger charge is -2.03. The van der Waals surface area contributed by atoms with Gasteiger partial charge in [0.2, 0.25) is 0 Å². The molecule has 124 valence electrons.